The first-order valence-corrected chi connectivity index (χ1v) is 8.65. The van der Waals surface area contributed by atoms with Gasteiger partial charge in [-0.3, -0.25) is 14.9 Å². The largest absolute Gasteiger partial charge is 0.313 e. The van der Waals surface area contributed by atoms with E-state index in [1.807, 2.05) is 7.05 Å². The number of rotatable bonds is 7. The molecule has 1 saturated carbocycles. The first kappa shape index (κ1) is 16.3. The highest BCUT2D eigenvalue weighted by Crippen LogP contribution is 2.27. The molecule has 1 unspecified atom stereocenters. The van der Waals surface area contributed by atoms with Gasteiger partial charge in [0, 0.05) is 25.8 Å². The van der Waals surface area contributed by atoms with Crippen LogP contribution in [0.3, 0.4) is 0 Å². The summed E-state index contributed by atoms with van der Waals surface area (Å²) in [5, 5.41) is 3.10. The van der Waals surface area contributed by atoms with Crippen molar-refractivity contribution in [2.75, 3.05) is 33.4 Å². The Balaban J connectivity index is 1.85. The fraction of sp³-hybridized carbons (Fsp3) is 0.692. The molecule has 0 bridgehead atoms. The second kappa shape index (κ2) is 7.26. The van der Waals surface area contributed by atoms with Crippen LogP contribution in [0.1, 0.15) is 12.8 Å². The summed E-state index contributed by atoms with van der Waals surface area (Å²) in [5.41, 5.74) is 0.832. The molecule has 1 aliphatic heterocycles. The average molecular weight is 313 g/mol. The topological polar surface area (TPSA) is 86.2 Å². The van der Waals surface area contributed by atoms with Gasteiger partial charge in [0.05, 0.1) is 17.0 Å². The van der Waals surface area contributed by atoms with Crippen molar-refractivity contribution in [3.63, 3.8) is 0 Å². The van der Waals surface area contributed by atoms with Crippen molar-refractivity contribution in [3.05, 3.63) is 11.8 Å². The number of likely N-dealkylation sites (N-methyl/N-ethyl adjacent to an activating group) is 1. The minimum absolute atomic E-state index is 0.0680. The normalized spacial score (nSPS) is 25.4. The molecule has 118 valence electrons. The summed E-state index contributed by atoms with van der Waals surface area (Å²) < 4.78 is 25.7. The molecule has 0 amide bonds. The van der Waals surface area contributed by atoms with Gasteiger partial charge in [0.15, 0.2) is 0 Å². The van der Waals surface area contributed by atoms with Crippen LogP contribution in [-0.4, -0.2) is 70.9 Å². The molecule has 0 aromatic carbocycles. The van der Waals surface area contributed by atoms with Gasteiger partial charge in [-0.2, -0.15) is 4.72 Å². The second-order valence-corrected chi connectivity index (χ2v) is 7.37. The number of nitrogens with one attached hydrogen (secondary N) is 2. The van der Waals surface area contributed by atoms with Gasteiger partial charge >= 0.3 is 0 Å². The van der Waals surface area contributed by atoms with Gasteiger partial charge in [-0.1, -0.05) is 0 Å². The lowest BCUT2D eigenvalue weighted by Gasteiger charge is -2.33. The molecule has 0 aromatic heterocycles. The maximum Gasteiger partial charge on any atom is 0.216 e. The second-order valence-electron chi connectivity index (χ2n) is 5.33. The summed E-state index contributed by atoms with van der Waals surface area (Å²) >= 11 is 0. The summed E-state index contributed by atoms with van der Waals surface area (Å²) in [7, 11) is -1.11. The molecule has 1 saturated heterocycles. The van der Waals surface area contributed by atoms with Crippen LogP contribution < -0.4 is 10.0 Å². The van der Waals surface area contributed by atoms with Crippen molar-refractivity contribution in [3.8, 4) is 0 Å². The van der Waals surface area contributed by atoms with Crippen LogP contribution in [0.5, 0.6) is 0 Å². The van der Waals surface area contributed by atoms with E-state index in [1.54, 1.807) is 12.3 Å². The van der Waals surface area contributed by atoms with Crippen LogP contribution in [0, 0.1) is 0 Å². The van der Waals surface area contributed by atoms with Crippen LogP contribution in [0.15, 0.2) is 21.8 Å². The third-order valence-electron chi connectivity index (χ3n) is 3.71. The molecule has 1 heterocycles. The van der Waals surface area contributed by atoms with Gasteiger partial charge in [0.25, 0.3) is 0 Å². The van der Waals surface area contributed by atoms with Crippen molar-refractivity contribution < 1.29 is 8.42 Å². The number of hydrogen-bond donors (Lipinski definition) is 2. The molecule has 1 atom stereocenters. The van der Waals surface area contributed by atoms with E-state index in [-0.39, 0.29) is 18.0 Å². The molecule has 7 nitrogen and oxygen atoms in total. The standard InChI is InChI=1S/C13H23N5O2S/c1-14-12(13-9-15-7-8-18(13)2)5-6-16-10-17-21(19,20)11-3-4-11/h5-6,11,13,15,17H,1,3-4,7-10H2,2H3/b12-5-,16-6?. The van der Waals surface area contributed by atoms with Crippen LogP contribution >= 0.6 is 0 Å². The smallest absolute Gasteiger partial charge is 0.216 e. The molecule has 2 rings (SSSR count). The fourth-order valence-corrected chi connectivity index (χ4v) is 3.46. The highest BCUT2D eigenvalue weighted by atomic mass is 32.2. The van der Waals surface area contributed by atoms with Crippen LogP contribution in [-0.2, 0) is 10.0 Å². The summed E-state index contributed by atoms with van der Waals surface area (Å²) in [4.78, 5) is 10.3. The van der Waals surface area contributed by atoms with Crippen LogP contribution in [0.25, 0.3) is 0 Å². The van der Waals surface area contributed by atoms with E-state index in [4.69, 9.17) is 0 Å². The van der Waals surface area contributed by atoms with Gasteiger partial charge in [0.2, 0.25) is 10.0 Å². The zero-order valence-electron chi connectivity index (χ0n) is 12.3. The molecular formula is C13H23N5O2S. The first-order chi connectivity index (χ1) is 10.0. The van der Waals surface area contributed by atoms with Crippen molar-refractivity contribution in [2.45, 2.75) is 24.1 Å². The Bertz CT molecular complexity index is 525. The minimum Gasteiger partial charge on any atom is -0.313 e. The lowest BCUT2D eigenvalue weighted by atomic mass is 10.1. The SMILES string of the molecule is C=N/C(=C\C=NCNS(=O)(=O)C1CC1)C1CNCCN1C. The molecule has 0 spiro atoms. The third-order valence-corrected chi connectivity index (χ3v) is 5.59. The maximum absolute atomic E-state index is 11.6. The zero-order chi connectivity index (χ0) is 15.3. The molecule has 0 radical (unpaired) electrons. The number of aliphatic imine (C=N–C) groups is 2. The molecule has 0 aromatic rings. The van der Waals surface area contributed by atoms with Gasteiger partial charge in [-0.05, 0) is 32.7 Å². The van der Waals surface area contributed by atoms with Gasteiger partial charge in [-0.25, -0.2) is 8.42 Å². The van der Waals surface area contributed by atoms with E-state index >= 15 is 0 Å². The molecular weight excluding hydrogens is 290 g/mol. The first-order valence-electron chi connectivity index (χ1n) is 7.11. The molecule has 2 N–H and O–H groups in total. The van der Waals surface area contributed by atoms with E-state index in [0.717, 1.165) is 38.2 Å². The predicted octanol–water partition coefficient (Wildman–Crippen LogP) is -0.415. The summed E-state index contributed by atoms with van der Waals surface area (Å²) in [6.45, 7) is 6.41. The maximum atomic E-state index is 11.6. The minimum atomic E-state index is -3.16. The Hall–Kier alpha value is -1.09. The van der Waals surface area contributed by atoms with Crippen molar-refractivity contribution in [2.24, 2.45) is 9.98 Å². The van der Waals surface area contributed by atoms with E-state index in [0.29, 0.717) is 0 Å². The van der Waals surface area contributed by atoms with Crippen LogP contribution in [0.4, 0.5) is 0 Å². The van der Waals surface area contributed by atoms with Gasteiger partial charge in [-0.15, -0.1) is 0 Å². The quantitative estimate of drug-likeness (QED) is 0.625. The number of sulfonamides is 1. The van der Waals surface area contributed by atoms with E-state index in [1.165, 1.54) is 0 Å². The lowest BCUT2D eigenvalue weighted by Crippen LogP contribution is -2.49. The molecule has 21 heavy (non-hydrogen) atoms. The van der Waals surface area contributed by atoms with Crippen LogP contribution in [0.2, 0.25) is 0 Å². The Morgan fingerprint density at radius 3 is 2.90 bits per heavy atom. The van der Waals surface area contributed by atoms with Gasteiger partial charge in [0.1, 0.15) is 6.67 Å². The number of nitrogens with zero attached hydrogens (tertiary/aromatic N) is 3. The molecule has 2 fully saturated rings. The fourth-order valence-electron chi connectivity index (χ4n) is 2.21. The number of hydrogen-bond acceptors (Lipinski definition) is 6. The predicted molar refractivity (Wildman–Crippen MR) is 85.4 cm³/mol. The monoisotopic (exact) mass is 313 g/mol. The average Bonchev–Trinajstić information content (AvgIpc) is 3.29. The number of allylic oxidation sites excluding steroid dienone is 1. The summed E-state index contributed by atoms with van der Waals surface area (Å²) in [5.74, 6) is 0. The molecule has 2 aliphatic rings. The molecule has 1 aliphatic carbocycles. The summed E-state index contributed by atoms with van der Waals surface area (Å²) in [6.07, 6.45) is 4.88. The lowest BCUT2D eigenvalue weighted by molar-refractivity contribution is 0.226. The van der Waals surface area contributed by atoms with Crippen molar-refractivity contribution in [1.29, 1.82) is 0 Å². The molecule has 8 heteroatoms. The van der Waals surface area contributed by atoms with Gasteiger partial charge < -0.3 is 5.32 Å². The highest BCUT2D eigenvalue weighted by molar-refractivity contribution is 7.90. The Kier molecular flexibility index (Phi) is 5.63. The Labute approximate surface area is 126 Å². The van der Waals surface area contributed by atoms with Crippen molar-refractivity contribution in [1.82, 2.24) is 14.9 Å². The van der Waals surface area contributed by atoms with E-state index in [2.05, 4.69) is 31.6 Å². The number of piperazine rings is 1. The van der Waals surface area contributed by atoms with Crippen molar-refractivity contribution >= 4 is 23.0 Å². The Morgan fingerprint density at radius 2 is 2.29 bits per heavy atom. The summed E-state index contributed by atoms with van der Waals surface area (Å²) in [6, 6.07) is 0.172. The zero-order valence-corrected chi connectivity index (χ0v) is 13.1. The highest BCUT2D eigenvalue weighted by Gasteiger charge is 2.35. The third kappa shape index (κ3) is 4.70. The van der Waals surface area contributed by atoms with E-state index < -0.39 is 10.0 Å². The van der Waals surface area contributed by atoms with E-state index in [9.17, 15) is 8.42 Å². The Morgan fingerprint density at radius 1 is 1.52 bits per heavy atom.